The third-order valence-electron chi connectivity index (χ3n) is 3.34. The summed E-state index contributed by atoms with van der Waals surface area (Å²) in [6.07, 6.45) is 8.36. The molecule has 3 nitrogen and oxygen atoms in total. The Bertz CT molecular complexity index is 407. The van der Waals surface area contributed by atoms with Crippen LogP contribution in [0.1, 0.15) is 31.2 Å². The molecule has 2 rings (SSSR count). The molecule has 0 radical (unpaired) electrons. The number of halogens is 1. The van der Waals surface area contributed by atoms with Gasteiger partial charge in [-0.2, -0.15) is 5.26 Å². The van der Waals surface area contributed by atoms with Crippen molar-refractivity contribution < 1.29 is 0 Å². The molecule has 17 heavy (non-hydrogen) atoms. The highest BCUT2D eigenvalue weighted by molar-refractivity contribution is 6.31. The molecule has 1 fully saturated rings. The molecule has 1 saturated carbocycles. The van der Waals surface area contributed by atoms with Crippen molar-refractivity contribution in [1.29, 1.82) is 5.26 Å². The fraction of sp³-hybridized carbons (Fsp3) is 0.538. The lowest BCUT2D eigenvalue weighted by Crippen LogP contribution is -2.33. The zero-order chi connectivity index (χ0) is 12.1. The SMILES string of the molecule is N#CCN(Cc1ccncc1Cl)C1CCCC1. The molecule has 0 N–H and O–H groups in total. The fourth-order valence-electron chi connectivity index (χ4n) is 2.43. The zero-order valence-corrected chi connectivity index (χ0v) is 10.5. The fourth-order valence-corrected chi connectivity index (χ4v) is 2.60. The second-order valence-corrected chi connectivity index (χ2v) is 4.88. The van der Waals surface area contributed by atoms with Crippen molar-refractivity contribution in [3.05, 3.63) is 29.0 Å². The van der Waals surface area contributed by atoms with Gasteiger partial charge in [0, 0.05) is 25.0 Å². The molecule has 1 aromatic heterocycles. The van der Waals surface area contributed by atoms with Gasteiger partial charge in [-0.15, -0.1) is 0 Å². The number of hydrogen-bond acceptors (Lipinski definition) is 3. The minimum atomic E-state index is 0.476. The van der Waals surface area contributed by atoms with Crippen molar-refractivity contribution in [2.45, 2.75) is 38.3 Å². The molecular weight excluding hydrogens is 234 g/mol. The Labute approximate surface area is 107 Å². The smallest absolute Gasteiger partial charge is 0.0871 e. The van der Waals surface area contributed by atoms with E-state index in [-0.39, 0.29) is 0 Å². The van der Waals surface area contributed by atoms with Crippen molar-refractivity contribution in [1.82, 2.24) is 9.88 Å². The van der Waals surface area contributed by atoms with Gasteiger partial charge in [-0.25, -0.2) is 0 Å². The van der Waals surface area contributed by atoms with E-state index in [9.17, 15) is 0 Å². The minimum Gasteiger partial charge on any atom is -0.283 e. The van der Waals surface area contributed by atoms with Crippen molar-refractivity contribution in [2.75, 3.05) is 6.54 Å². The summed E-state index contributed by atoms with van der Waals surface area (Å²) < 4.78 is 0. The van der Waals surface area contributed by atoms with E-state index in [1.165, 1.54) is 25.7 Å². The summed E-state index contributed by atoms with van der Waals surface area (Å²) in [5.74, 6) is 0. The molecule has 1 aliphatic carbocycles. The lowest BCUT2D eigenvalue weighted by atomic mass is 10.1. The predicted molar refractivity (Wildman–Crippen MR) is 67.5 cm³/mol. The topological polar surface area (TPSA) is 39.9 Å². The van der Waals surface area contributed by atoms with E-state index >= 15 is 0 Å². The van der Waals surface area contributed by atoms with Crippen LogP contribution in [-0.4, -0.2) is 22.5 Å². The van der Waals surface area contributed by atoms with E-state index in [4.69, 9.17) is 16.9 Å². The molecule has 1 aliphatic rings. The van der Waals surface area contributed by atoms with E-state index in [0.717, 1.165) is 12.1 Å². The van der Waals surface area contributed by atoms with Crippen LogP contribution in [0.3, 0.4) is 0 Å². The Morgan fingerprint density at radius 1 is 1.47 bits per heavy atom. The summed E-state index contributed by atoms with van der Waals surface area (Å²) >= 11 is 6.10. The van der Waals surface area contributed by atoms with Crippen LogP contribution in [0.5, 0.6) is 0 Å². The monoisotopic (exact) mass is 249 g/mol. The van der Waals surface area contributed by atoms with Gasteiger partial charge >= 0.3 is 0 Å². The van der Waals surface area contributed by atoms with Gasteiger partial charge < -0.3 is 0 Å². The molecule has 0 spiro atoms. The molecule has 1 heterocycles. The van der Waals surface area contributed by atoms with Crippen molar-refractivity contribution in [3.8, 4) is 6.07 Å². The molecule has 0 atom stereocenters. The average Bonchev–Trinajstić information content (AvgIpc) is 2.85. The summed E-state index contributed by atoms with van der Waals surface area (Å²) in [4.78, 5) is 6.21. The van der Waals surface area contributed by atoms with E-state index in [2.05, 4.69) is 16.0 Å². The highest BCUT2D eigenvalue weighted by Crippen LogP contribution is 2.26. The largest absolute Gasteiger partial charge is 0.283 e. The first kappa shape index (κ1) is 12.3. The Balaban J connectivity index is 2.07. The van der Waals surface area contributed by atoms with E-state index in [1.807, 2.05) is 6.07 Å². The van der Waals surface area contributed by atoms with Crippen LogP contribution in [-0.2, 0) is 6.54 Å². The van der Waals surface area contributed by atoms with Crippen molar-refractivity contribution in [2.24, 2.45) is 0 Å². The van der Waals surface area contributed by atoms with E-state index in [1.54, 1.807) is 12.4 Å². The maximum Gasteiger partial charge on any atom is 0.0871 e. The quantitative estimate of drug-likeness (QED) is 0.770. The van der Waals surface area contributed by atoms with Gasteiger partial charge in [-0.05, 0) is 24.5 Å². The summed E-state index contributed by atoms with van der Waals surface area (Å²) in [5.41, 5.74) is 1.06. The van der Waals surface area contributed by atoms with Crippen LogP contribution in [0.4, 0.5) is 0 Å². The first-order valence-electron chi connectivity index (χ1n) is 6.00. The first-order valence-corrected chi connectivity index (χ1v) is 6.38. The molecule has 0 aromatic carbocycles. The standard InChI is InChI=1S/C13H16ClN3/c14-13-9-16-7-5-11(13)10-17(8-6-15)12-3-1-2-4-12/h5,7,9,12H,1-4,8,10H2. The Morgan fingerprint density at radius 3 is 2.88 bits per heavy atom. The second kappa shape index (κ2) is 6.00. The Hall–Kier alpha value is -1.11. The number of pyridine rings is 1. The molecule has 4 heteroatoms. The second-order valence-electron chi connectivity index (χ2n) is 4.47. The summed E-state index contributed by atoms with van der Waals surface area (Å²) in [5, 5.41) is 9.60. The van der Waals surface area contributed by atoms with Gasteiger partial charge in [0.05, 0.1) is 17.6 Å². The van der Waals surface area contributed by atoms with Gasteiger partial charge in [-0.1, -0.05) is 24.4 Å². The van der Waals surface area contributed by atoms with Crippen LogP contribution >= 0.6 is 11.6 Å². The molecular formula is C13H16ClN3. The molecule has 0 unspecified atom stereocenters. The third kappa shape index (κ3) is 3.18. The maximum absolute atomic E-state index is 8.91. The van der Waals surface area contributed by atoms with E-state index < -0.39 is 0 Å². The highest BCUT2D eigenvalue weighted by atomic mass is 35.5. The van der Waals surface area contributed by atoms with Crippen molar-refractivity contribution in [3.63, 3.8) is 0 Å². The Morgan fingerprint density at radius 2 is 2.24 bits per heavy atom. The van der Waals surface area contributed by atoms with Gasteiger partial charge in [0.15, 0.2) is 0 Å². The van der Waals surface area contributed by atoms with Crippen LogP contribution < -0.4 is 0 Å². The normalized spacial score (nSPS) is 16.3. The van der Waals surface area contributed by atoms with E-state index in [0.29, 0.717) is 17.6 Å². The molecule has 90 valence electrons. The molecule has 0 aliphatic heterocycles. The molecule has 1 aromatic rings. The van der Waals surface area contributed by atoms with Crippen molar-refractivity contribution >= 4 is 11.6 Å². The summed E-state index contributed by atoms with van der Waals surface area (Å²) in [7, 11) is 0. The summed E-state index contributed by atoms with van der Waals surface area (Å²) in [6, 6.07) is 4.72. The van der Waals surface area contributed by atoms with Gasteiger partial charge in [-0.3, -0.25) is 9.88 Å². The number of aromatic nitrogens is 1. The number of nitriles is 1. The van der Waals surface area contributed by atoms with Gasteiger partial charge in [0.1, 0.15) is 0 Å². The van der Waals surface area contributed by atoms with Crippen LogP contribution in [0, 0.1) is 11.3 Å². The molecule has 0 bridgehead atoms. The van der Waals surface area contributed by atoms with Crippen LogP contribution in [0.25, 0.3) is 0 Å². The zero-order valence-electron chi connectivity index (χ0n) is 9.77. The van der Waals surface area contributed by atoms with Crippen LogP contribution in [0.15, 0.2) is 18.5 Å². The van der Waals surface area contributed by atoms with Gasteiger partial charge in [0.25, 0.3) is 0 Å². The third-order valence-corrected chi connectivity index (χ3v) is 3.69. The number of nitrogens with zero attached hydrogens (tertiary/aromatic N) is 3. The minimum absolute atomic E-state index is 0.476. The molecule has 0 saturated heterocycles. The average molecular weight is 250 g/mol. The molecule has 0 amide bonds. The highest BCUT2D eigenvalue weighted by Gasteiger charge is 2.22. The summed E-state index contributed by atoms with van der Waals surface area (Å²) in [6.45, 7) is 1.23. The van der Waals surface area contributed by atoms with Crippen LogP contribution in [0.2, 0.25) is 5.02 Å². The first-order chi connectivity index (χ1) is 8.31. The number of hydrogen-bond donors (Lipinski definition) is 0. The lowest BCUT2D eigenvalue weighted by molar-refractivity contribution is 0.214. The Kier molecular flexibility index (Phi) is 4.36. The lowest BCUT2D eigenvalue weighted by Gasteiger charge is -2.26. The maximum atomic E-state index is 8.91. The number of rotatable bonds is 4. The van der Waals surface area contributed by atoms with Gasteiger partial charge in [0.2, 0.25) is 0 Å². The predicted octanol–water partition coefficient (Wildman–Crippen LogP) is 3.00.